The van der Waals surface area contributed by atoms with Crippen LogP contribution in [0.3, 0.4) is 0 Å². The van der Waals surface area contributed by atoms with Gasteiger partial charge in [-0.2, -0.15) is 5.26 Å². The van der Waals surface area contributed by atoms with Crippen molar-refractivity contribution in [3.63, 3.8) is 0 Å². The molecule has 45 heavy (non-hydrogen) atoms. The molecule has 6 rings (SSSR count). The molecule has 3 aromatic heterocycles. The first-order chi connectivity index (χ1) is 21.9. The molecule has 0 spiro atoms. The number of aromatic carboxylic acids is 1. The highest BCUT2D eigenvalue weighted by Crippen LogP contribution is 2.32. The van der Waals surface area contributed by atoms with Gasteiger partial charge in [0.1, 0.15) is 29.5 Å². The summed E-state index contributed by atoms with van der Waals surface area (Å²) in [4.78, 5) is 29.2. The summed E-state index contributed by atoms with van der Waals surface area (Å²) in [6, 6.07) is 15.1. The van der Waals surface area contributed by atoms with Gasteiger partial charge in [0.25, 0.3) is 0 Å². The average Bonchev–Trinajstić information content (AvgIpc) is 3.69. The number of piperidine rings is 1. The Labute approximate surface area is 263 Å². The van der Waals surface area contributed by atoms with Gasteiger partial charge in [0.15, 0.2) is 0 Å². The van der Waals surface area contributed by atoms with Crippen molar-refractivity contribution in [1.82, 2.24) is 24.4 Å². The van der Waals surface area contributed by atoms with Crippen LogP contribution in [-0.4, -0.2) is 55.2 Å². The van der Waals surface area contributed by atoms with E-state index in [1.165, 1.54) is 6.07 Å². The van der Waals surface area contributed by atoms with E-state index in [0.717, 1.165) is 47.8 Å². The third-order valence-corrected chi connectivity index (χ3v) is 8.68. The molecule has 0 bridgehead atoms. The van der Waals surface area contributed by atoms with Gasteiger partial charge >= 0.3 is 5.97 Å². The number of nitrogens with zero attached hydrogens (tertiary/aromatic N) is 6. The lowest BCUT2D eigenvalue weighted by Crippen LogP contribution is -2.33. The zero-order valence-electron chi connectivity index (χ0n) is 24.6. The van der Waals surface area contributed by atoms with Crippen LogP contribution in [0.5, 0.6) is 11.6 Å². The number of hydrogen-bond donors (Lipinski definition) is 1. The predicted molar refractivity (Wildman–Crippen MR) is 166 cm³/mol. The molecule has 0 atom stereocenters. The third kappa shape index (κ3) is 6.79. The summed E-state index contributed by atoms with van der Waals surface area (Å²) >= 11 is 1.54. The van der Waals surface area contributed by atoms with Gasteiger partial charge in [-0.3, -0.25) is 9.88 Å². The quantitative estimate of drug-likeness (QED) is 0.188. The third-order valence-electron chi connectivity index (χ3n) is 7.92. The maximum Gasteiger partial charge on any atom is 0.335 e. The molecule has 0 aliphatic carbocycles. The van der Waals surface area contributed by atoms with E-state index in [-0.39, 0.29) is 23.7 Å². The SMILES string of the molecule is CCOc1cc(C(=O)O)cc2c1nc(CN1CCC(c3cccc(OCc4ccc(C#N)cc4F)n3)CC1)n2Cc1cncs1. The topological polar surface area (TPSA) is 126 Å². The van der Waals surface area contributed by atoms with Crippen LogP contribution in [0.4, 0.5) is 4.39 Å². The van der Waals surface area contributed by atoms with Gasteiger partial charge in [-0.25, -0.2) is 19.2 Å². The van der Waals surface area contributed by atoms with E-state index in [1.54, 1.807) is 47.2 Å². The number of benzene rings is 2. The first kappa shape index (κ1) is 30.2. The Morgan fingerprint density at radius 1 is 1.13 bits per heavy atom. The number of ether oxygens (including phenoxy) is 2. The van der Waals surface area contributed by atoms with Crippen molar-refractivity contribution < 1.29 is 23.8 Å². The van der Waals surface area contributed by atoms with E-state index >= 15 is 0 Å². The Morgan fingerprint density at radius 3 is 2.69 bits per heavy atom. The lowest BCUT2D eigenvalue weighted by molar-refractivity contribution is 0.0696. The predicted octanol–water partition coefficient (Wildman–Crippen LogP) is 6.00. The Hall–Kier alpha value is -4.86. The standard InChI is InChI=1S/C33H31FN6O4S/c1-2-43-29-14-24(33(41)42)13-28-32(29)38-30(40(28)17-25-16-36-20-45-25)18-39-10-8-22(9-11-39)27-4-3-5-31(37-27)44-19-23-7-6-21(15-35)12-26(23)34/h3-7,12-14,16,20,22H,2,8-11,17-19H2,1H3,(H,41,42). The number of halogens is 1. The van der Waals surface area contributed by atoms with Crippen LogP contribution >= 0.6 is 11.3 Å². The average molecular weight is 627 g/mol. The number of thiazole rings is 1. The molecule has 0 radical (unpaired) electrons. The second kappa shape index (κ2) is 13.4. The summed E-state index contributed by atoms with van der Waals surface area (Å²) in [5, 5.41) is 18.7. The van der Waals surface area contributed by atoms with Gasteiger partial charge in [-0.15, -0.1) is 11.3 Å². The normalized spacial score (nSPS) is 14.0. The number of imidazole rings is 1. The highest BCUT2D eigenvalue weighted by Gasteiger charge is 2.25. The number of pyridine rings is 1. The Balaban J connectivity index is 1.16. The molecule has 12 heteroatoms. The first-order valence-corrected chi connectivity index (χ1v) is 15.6. The zero-order valence-corrected chi connectivity index (χ0v) is 25.5. The van der Waals surface area contributed by atoms with Crippen molar-refractivity contribution >= 4 is 28.3 Å². The fourth-order valence-corrected chi connectivity index (χ4v) is 6.20. The van der Waals surface area contributed by atoms with Crippen molar-refractivity contribution in [2.24, 2.45) is 0 Å². The van der Waals surface area contributed by atoms with Crippen LogP contribution in [-0.2, 0) is 19.7 Å². The molecule has 0 amide bonds. The summed E-state index contributed by atoms with van der Waals surface area (Å²) in [6.07, 6.45) is 3.61. The van der Waals surface area contributed by atoms with Crippen LogP contribution in [0.15, 0.2) is 60.2 Å². The molecule has 5 aromatic rings. The Kier molecular flexibility index (Phi) is 9.00. The van der Waals surface area contributed by atoms with Crippen molar-refractivity contribution in [1.29, 1.82) is 5.26 Å². The molecular weight excluding hydrogens is 595 g/mol. The maximum atomic E-state index is 14.3. The number of rotatable bonds is 11. The van der Waals surface area contributed by atoms with Crippen molar-refractivity contribution in [3.05, 3.63) is 99.1 Å². The van der Waals surface area contributed by atoms with Crippen LogP contribution in [0, 0.1) is 17.1 Å². The zero-order chi connectivity index (χ0) is 31.3. The number of hydrogen-bond acceptors (Lipinski definition) is 9. The molecule has 230 valence electrons. The molecule has 2 aromatic carbocycles. The summed E-state index contributed by atoms with van der Waals surface area (Å²) in [5.74, 6) is 0.483. The summed E-state index contributed by atoms with van der Waals surface area (Å²) in [5.41, 5.74) is 4.88. The lowest BCUT2D eigenvalue weighted by Gasteiger charge is -2.31. The largest absolute Gasteiger partial charge is 0.492 e. The Morgan fingerprint density at radius 2 is 1.98 bits per heavy atom. The molecule has 1 N–H and O–H groups in total. The summed E-state index contributed by atoms with van der Waals surface area (Å²) in [7, 11) is 0. The fourth-order valence-electron chi connectivity index (χ4n) is 5.61. The monoisotopic (exact) mass is 626 g/mol. The van der Waals surface area contributed by atoms with E-state index in [4.69, 9.17) is 24.7 Å². The van der Waals surface area contributed by atoms with Crippen molar-refractivity contribution in [2.75, 3.05) is 19.7 Å². The van der Waals surface area contributed by atoms with E-state index < -0.39 is 11.8 Å². The maximum absolute atomic E-state index is 14.3. The smallest absolute Gasteiger partial charge is 0.335 e. The second-order valence-electron chi connectivity index (χ2n) is 10.8. The van der Waals surface area contributed by atoms with Crippen LogP contribution in [0.1, 0.15) is 63.6 Å². The molecule has 1 aliphatic rings. The first-order valence-electron chi connectivity index (χ1n) is 14.7. The number of aromatic nitrogens is 4. The number of carboxylic acids is 1. The molecule has 10 nitrogen and oxygen atoms in total. The molecule has 0 unspecified atom stereocenters. The van der Waals surface area contributed by atoms with E-state index in [0.29, 0.717) is 42.4 Å². The highest BCUT2D eigenvalue weighted by atomic mass is 32.1. The van der Waals surface area contributed by atoms with Crippen LogP contribution < -0.4 is 9.47 Å². The van der Waals surface area contributed by atoms with Gasteiger partial charge in [0.05, 0.1) is 47.9 Å². The van der Waals surface area contributed by atoms with Gasteiger partial charge in [-0.1, -0.05) is 12.1 Å². The Bertz CT molecular complexity index is 1860. The second-order valence-corrected chi connectivity index (χ2v) is 11.8. The summed E-state index contributed by atoms with van der Waals surface area (Å²) < 4.78 is 28.0. The molecule has 1 fully saturated rings. The fraction of sp³-hybridized carbons (Fsp3) is 0.303. The van der Waals surface area contributed by atoms with Crippen molar-refractivity contribution in [3.8, 4) is 17.7 Å². The number of nitriles is 1. The number of carboxylic acid groups (broad SMARTS) is 1. The number of likely N-dealkylation sites (tertiary alicyclic amines) is 1. The lowest BCUT2D eigenvalue weighted by atomic mass is 9.93. The molecule has 1 aliphatic heterocycles. The molecule has 1 saturated heterocycles. The summed E-state index contributed by atoms with van der Waals surface area (Å²) in [6.45, 7) is 5.08. The van der Waals surface area contributed by atoms with Gasteiger partial charge in [0, 0.05) is 34.3 Å². The number of carbonyl (C=O) groups is 1. The highest BCUT2D eigenvalue weighted by molar-refractivity contribution is 7.09. The van der Waals surface area contributed by atoms with Crippen LogP contribution in [0.2, 0.25) is 0 Å². The minimum absolute atomic E-state index is 0.0218. The van der Waals surface area contributed by atoms with E-state index in [1.807, 2.05) is 31.3 Å². The van der Waals surface area contributed by atoms with E-state index in [2.05, 4.69) is 14.5 Å². The van der Waals surface area contributed by atoms with Gasteiger partial charge < -0.3 is 19.1 Å². The number of fused-ring (bicyclic) bond motifs is 1. The van der Waals surface area contributed by atoms with Crippen molar-refractivity contribution in [2.45, 2.75) is 45.4 Å². The minimum Gasteiger partial charge on any atom is -0.492 e. The van der Waals surface area contributed by atoms with E-state index in [9.17, 15) is 14.3 Å². The molecule has 0 saturated carbocycles. The van der Waals surface area contributed by atoms with Crippen LogP contribution in [0.25, 0.3) is 11.0 Å². The molecular formula is C33H31FN6O4S. The molecule has 4 heterocycles. The minimum atomic E-state index is -1.02. The van der Waals surface area contributed by atoms with Gasteiger partial charge in [0.2, 0.25) is 5.88 Å². The van der Waals surface area contributed by atoms with Gasteiger partial charge in [-0.05, 0) is 63.2 Å².